The van der Waals surface area contributed by atoms with Gasteiger partial charge in [-0.2, -0.15) is 0 Å². The second-order valence-electron chi connectivity index (χ2n) is 3.51. The molecule has 0 aliphatic carbocycles. The van der Waals surface area contributed by atoms with Gasteiger partial charge in [0.15, 0.2) is 0 Å². The Balaban J connectivity index is 2.04. The number of ether oxygens (including phenoxy) is 1. The van der Waals surface area contributed by atoms with Crippen molar-refractivity contribution in [3.05, 3.63) is 40.4 Å². The molecule has 0 spiro atoms. The molecule has 18 heavy (non-hydrogen) atoms. The number of hydrogen-bond donors (Lipinski definition) is 2. The third-order valence-electron chi connectivity index (χ3n) is 2.17. The zero-order valence-electron chi connectivity index (χ0n) is 9.64. The fourth-order valence-corrected chi connectivity index (χ4v) is 1.79. The second kappa shape index (κ2) is 6.50. The highest BCUT2D eigenvalue weighted by molar-refractivity contribution is 14.1. The van der Waals surface area contributed by atoms with Crippen molar-refractivity contribution in [1.82, 2.24) is 9.97 Å². The molecule has 0 saturated heterocycles. The quantitative estimate of drug-likeness (QED) is 0.804. The molecule has 3 N–H and O–H groups in total. The number of nitrogens with zero attached hydrogens (tertiary/aromatic N) is 2. The molecule has 2 rings (SSSR count). The molecule has 0 bridgehead atoms. The number of aromatic nitrogens is 2. The van der Waals surface area contributed by atoms with E-state index in [0.717, 1.165) is 20.8 Å². The second-order valence-corrected chi connectivity index (χ2v) is 4.67. The molecule has 5 nitrogen and oxygen atoms in total. The van der Waals surface area contributed by atoms with Crippen LogP contribution in [0.15, 0.2) is 36.8 Å². The van der Waals surface area contributed by atoms with Crippen molar-refractivity contribution in [2.45, 2.75) is 0 Å². The Morgan fingerprint density at radius 1 is 1.28 bits per heavy atom. The van der Waals surface area contributed by atoms with Gasteiger partial charge in [0.05, 0.1) is 3.57 Å². The van der Waals surface area contributed by atoms with Gasteiger partial charge in [0.1, 0.15) is 24.5 Å². The Morgan fingerprint density at radius 2 is 2.06 bits per heavy atom. The lowest BCUT2D eigenvalue weighted by Crippen LogP contribution is -2.10. The van der Waals surface area contributed by atoms with Crippen molar-refractivity contribution in [3.63, 3.8) is 0 Å². The van der Waals surface area contributed by atoms with Gasteiger partial charge < -0.3 is 15.8 Å². The number of nitrogens with two attached hydrogens (primary N) is 1. The molecular weight excluding hydrogens is 343 g/mol. The zero-order chi connectivity index (χ0) is 12.8. The summed E-state index contributed by atoms with van der Waals surface area (Å²) in [4.78, 5) is 8.11. The van der Waals surface area contributed by atoms with Gasteiger partial charge >= 0.3 is 0 Å². The first-order valence-corrected chi connectivity index (χ1v) is 6.53. The molecule has 0 aliphatic heterocycles. The number of hydrogen-bond acceptors (Lipinski definition) is 5. The number of benzene rings is 1. The van der Waals surface area contributed by atoms with E-state index in [1.165, 1.54) is 6.33 Å². The van der Waals surface area contributed by atoms with Crippen molar-refractivity contribution in [2.75, 3.05) is 18.5 Å². The predicted molar refractivity (Wildman–Crippen MR) is 79.0 cm³/mol. The maximum Gasteiger partial charge on any atom is 0.147 e. The highest BCUT2D eigenvalue weighted by Gasteiger charge is 2.01. The summed E-state index contributed by atoms with van der Waals surface area (Å²) in [5.41, 5.74) is 6.32. The third kappa shape index (κ3) is 3.54. The minimum Gasteiger partial charge on any atom is -0.492 e. The molecule has 1 aromatic heterocycles. The summed E-state index contributed by atoms with van der Waals surface area (Å²) in [6.07, 6.45) is 3.28. The standard InChI is InChI=1S/C12H13IN4O/c13-11-7-15-8-16-12(11)17-9-1-3-10(4-2-9)18-6-5-14/h1-4,7-8H,5-6,14H2,(H,15,16,17). The van der Waals surface area contributed by atoms with Gasteiger partial charge in [0.2, 0.25) is 0 Å². The number of halogens is 1. The summed E-state index contributed by atoms with van der Waals surface area (Å²) in [7, 11) is 0. The lowest BCUT2D eigenvalue weighted by molar-refractivity contribution is 0.328. The van der Waals surface area contributed by atoms with Crippen LogP contribution in [0.2, 0.25) is 0 Å². The van der Waals surface area contributed by atoms with Gasteiger partial charge in [-0.05, 0) is 46.9 Å². The molecule has 0 aliphatic rings. The largest absolute Gasteiger partial charge is 0.492 e. The fraction of sp³-hybridized carbons (Fsp3) is 0.167. The lowest BCUT2D eigenvalue weighted by atomic mass is 10.3. The van der Waals surface area contributed by atoms with Gasteiger partial charge in [0.25, 0.3) is 0 Å². The van der Waals surface area contributed by atoms with Crippen LogP contribution in [0.4, 0.5) is 11.5 Å². The summed E-state index contributed by atoms with van der Waals surface area (Å²) in [6, 6.07) is 7.66. The maximum absolute atomic E-state index is 5.40. The van der Waals surface area contributed by atoms with Crippen LogP contribution in [0.1, 0.15) is 0 Å². The van der Waals surface area contributed by atoms with Crippen LogP contribution >= 0.6 is 22.6 Å². The maximum atomic E-state index is 5.40. The van der Waals surface area contributed by atoms with E-state index in [9.17, 15) is 0 Å². The van der Waals surface area contributed by atoms with Gasteiger partial charge in [-0.15, -0.1) is 0 Å². The molecule has 6 heteroatoms. The SMILES string of the molecule is NCCOc1ccc(Nc2ncncc2I)cc1. The van der Waals surface area contributed by atoms with Crippen LogP contribution in [-0.2, 0) is 0 Å². The van der Waals surface area contributed by atoms with Crippen LogP contribution in [0.25, 0.3) is 0 Å². The summed E-state index contributed by atoms with van der Waals surface area (Å²) >= 11 is 2.19. The van der Waals surface area contributed by atoms with E-state index in [0.29, 0.717) is 13.2 Å². The van der Waals surface area contributed by atoms with Crippen LogP contribution in [0, 0.1) is 3.57 Å². The number of rotatable bonds is 5. The van der Waals surface area contributed by atoms with E-state index in [4.69, 9.17) is 10.5 Å². The van der Waals surface area contributed by atoms with E-state index in [2.05, 4.69) is 37.9 Å². The average Bonchev–Trinajstić information content (AvgIpc) is 2.41. The zero-order valence-corrected chi connectivity index (χ0v) is 11.8. The summed E-state index contributed by atoms with van der Waals surface area (Å²) in [6.45, 7) is 1.04. The monoisotopic (exact) mass is 356 g/mol. The van der Waals surface area contributed by atoms with Gasteiger partial charge in [-0.1, -0.05) is 0 Å². The summed E-state index contributed by atoms with van der Waals surface area (Å²) < 4.78 is 6.38. The highest BCUT2D eigenvalue weighted by Crippen LogP contribution is 2.21. The molecule has 0 fully saturated rings. The van der Waals surface area contributed by atoms with E-state index in [1.54, 1.807) is 6.20 Å². The molecule has 1 aromatic carbocycles. The van der Waals surface area contributed by atoms with Crippen molar-refractivity contribution in [2.24, 2.45) is 5.73 Å². The van der Waals surface area contributed by atoms with Gasteiger partial charge in [-0.25, -0.2) is 9.97 Å². The Hall–Kier alpha value is -1.41. The van der Waals surface area contributed by atoms with Crippen molar-refractivity contribution in [3.8, 4) is 5.75 Å². The Kier molecular flexibility index (Phi) is 4.71. The first-order chi connectivity index (χ1) is 8.79. The Morgan fingerprint density at radius 3 is 2.72 bits per heavy atom. The average molecular weight is 356 g/mol. The van der Waals surface area contributed by atoms with Crippen LogP contribution in [0.5, 0.6) is 5.75 Å². The van der Waals surface area contributed by atoms with E-state index in [1.807, 2.05) is 24.3 Å². The number of anilines is 2. The molecule has 0 radical (unpaired) electrons. The number of nitrogens with one attached hydrogen (secondary N) is 1. The summed E-state index contributed by atoms with van der Waals surface area (Å²) in [5, 5.41) is 3.22. The van der Waals surface area contributed by atoms with Crippen molar-refractivity contribution in [1.29, 1.82) is 0 Å². The van der Waals surface area contributed by atoms with E-state index < -0.39 is 0 Å². The van der Waals surface area contributed by atoms with Crippen LogP contribution in [-0.4, -0.2) is 23.1 Å². The molecule has 1 heterocycles. The van der Waals surface area contributed by atoms with Gasteiger partial charge in [0, 0.05) is 18.4 Å². The minimum atomic E-state index is 0.513. The summed E-state index contributed by atoms with van der Waals surface area (Å²) in [5.74, 6) is 1.60. The molecule has 0 saturated carbocycles. The van der Waals surface area contributed by atoms with Crippen LogP contribution < -0.4 is 15.8 Å². The molecular formula is C12H13IN4O. The molecule has 0 amide bonds. The lowest BCUT2D eigenvalue weighted by Gasteiger charge is -2.08. The van der Waals surface area contributed by atoms with E-state index >= 15 is 0 Å². The first kappa shape index (κ1) is 13.0. The topological polar surface area (TPSA) is 73.1 Å². The third-order valence-corrected chi connectivity index (χ3v) is 2.96. The smallest absolute Gasteiger partial charge is 0.147 e. The van der Waals surface area contributed by atoms with Crippen molar-refractivity contribution >= 4 is 34.1 Å². The molecule has 2 aromatic rings. The molecule has 94 valence electrons. The molecule has 0 atom stereocenters. The highest BCUT2D eigenvalue weighted by atomic mass is 127. The van der Waals surface area contributed by atoms with Gasteiger partial charge in [-0.3, -0.25) is 0 Å². The van der Waals surface area contributed by atoms with Crippen LogP contribution in [0.3, 0.4) is 0 Å². The fourth-order valence-electron chi connectivity index (χ4n) is 1.35. The predicted octanol–water partition coefficient (Wildman–Crippen LogP) is 2.16. The first-order valence-electron chi connectivity index (χ1n) is 5.45. The minimum absolute atomic E-state index is 0.513. The van der Waals surface area contributed by atoms with Crippen molar-refractivity contribution < 1.29 is 4.74 Å². The normalized spacial score (nSPS) is 10.1. The molecule has 0 unspecified atom stereocenters. The Bertz CT molecular complexity index is 504. The Labute approximate surface area is 119 Å². The van der Waals surface area contributed by atoms with E-state index in [-0.39, 0.29) is 0 Å².